The van der Waals surface area contributed by atoms with Crippen molar-refractivity contribution in [1.82, 2.24) is 5.32 Å². The van der Waals surface area contributed by atoms with E-state index >= 15 is 0 Å². The van der Waals surface area contributed by atoms with Crippen molar-refractivity contribution in [2.75, 3.05) is 30.5 Å². The van der Waals surface area contributed by atoms with Crippen LogP contribution >= 0.6 is 0 Å². The van der Waals surface area contributed by atoms with E-state index in [1.54, 1.807) is 13.1 Å². The van der Waals surface area contributed by atoms with Crippen molar-refractivity contribution in [2.24, 2.45) is 0 Å². The molecule has 1 heterocycles. The van der Waals surface area contributed by atoms with Crippen LogP contribution in [0.15, 0.2) is 18.2 Å². The van der Waals surface area contributed by atoms with E-state index < -0.39 is 9.84 Å². The van der Waals surface area contributed by atoms with Crippen molar-refractivity contribution < 1.29 is 12.8 Å². The van der Waals surface area contributed by atoms with Crippen LogP contribution < -0.4 is 10.2 Å². The summed E-state index contributed by atoms with van der Waals surface area (Å²) in [5.41, 5.74) is 1.34. The summed E-state index contributed by atoms with van der Waals surface area (Å²) < 4.78 is 36.9. The largest absolute Gasteiger partial charge is 0.370 e. The Hall–Kier alpha value is -1.14. The molecule has 1 aromatic carbocycles. The van der Waals surface area contributed by atoms with Crippen molar-refractivity contribution in [1.29, 1.82) is 0 Å². The minimum absolute atomic E-state index is 0.0672. The van der Waals surface area contributed by atoms with E-state index in [2.05, 4.69) is 5.32 Å². The van der Waals surface area contributed by atoms with Gasteiger partial charge in [0.2, 0.25) is 0 Å². The van der Waals surface area contributed by atoms with E-state index in [9.17, 15) is 12.8 Å². The monoisotopic (exact) mass is 286 g/mol. The maximum atomic E-state index is 13.9. The van der Waals surface area contributed by atoms with Gasteiger partial charge in [0.05, 0.1) is 11.5 Å². The number of rotatable bonds is 4. The summed E-state index contributed by atoms with van der Waals surface area (Å²) in [6, 6.07) is 4.85. The van der Waals surface area contributed by atoms with Gasteiger partial charge in [0.15, 0.2) is 9.84 Å². The first-order valence-electron chi connectivity index (χ1n) is 6.30. The van der Waals surface area contributed by atoms with Crippen molar-refractivity contribution >= 4 is 15.5 Å². The molecular formula is C13H19FN2O2S. The summed E-state index contributed by atoms with van der Waals surface area (Å²) in [6.45, 7) is 0.422. The van der Waals surface area contributed by atoms with Crippen molar-refractivity contribution in [3.8, 4) is 0 Å². The topological polar surface area (TPSA) is 49.4 Å². The molecule has 0 amide bonds. The van der Waals surface area contributed by atoms with Crippen LogP contribution in [-0.2, 0) is 16.4 Å². The Morgan fingerprint density at radius 2 is 2.21 bits per heavy atom. The predicted octanol–water partition coefficient (Wildman–Crippen LogP) is 1.17. The Bertz CT molecular complexity index is 560. The molecule has 1 N–H and O–H groups in total. The van der Waals surface area contributed by atoms with Crippen molar-refractivity contribution in [3.05, 3.63) is 29.6 Å². The van der Waals surface area contributed by atoms with Gasteiger partial charge in [-0.1, -0.05) is 6.07 Å². The molecule has 106 valence electrons. The minimum Gasteiger partial charge on any atom is -0.370 e. The standard InChI is InChI=1S/C13H19FN2O2S/c1-15-8-11-12(14)4-3-5-13(11)16(2)10-6-7-19(17,18)9-10/h3-5,10,15H,6-9H2,1-2H3. The molecule has 19 heavy (non-hydrogen) atoms. The van der Waals surface area contributed by atoms with Crippen LogP contribution in [0.5, 0.6) is 0 Å². The van der Waals surface area contributed by atoms with Gasteiger partial charge in [-0.15, -0.1) is 0 Å². The quantitative estimate of drug-likeness (QED) is 0.902. The summed E-state index contributed by atoms with van der Waals surface area (Å²) in [5.74, 6) is 0.108. The summed E-state index contributed by atoms with van der Waals surface area (Å²) in [5, 5.41) is 2.94. The number of sulfone groups is 1. The number of benzene rings is 1. The first kappa shape index (κ1) is 14.3. The Kier molecular flexibility index (Phi) is 4.10. The average Bonchev–Trinajstić information content (AvgIpc) is 2.72. The zero-order chi connectivity index (χ0) is 14.0. The van der Waals surface area contributed by atoms with Crippen LogP contribution in [0.3, 0.4) is 0 Å². The molecule has 1 aliphatic rings. The number of hydrogen-bond acceptors (Lipinski definition) is 4. The molecule has 0 aromatic heterocycles. The number of nitrogens with one attached hydrogen (secondary N) is 1. The number of anilines is 1. The van der Waals surface area contributed by atoms with Crippen LogP contribution in [0.25, 0.3) is 0 Å². The lowest BCUT2D eigenvalue weighted by Crippen LogP contribution is -2.33. The lowest BCUT2D eigenvalue weighted by molar-refractivity contribution is 0.595. The van der Waals surface area contributed by atoms with Crippen molar-refractivity contribution in [3.63, 3.8) is 0 Å². The van der Waals surface area contributed by atoms with Crippen LogP contribution in [-0.4, -0.2) is 40.1 Å². The van der Waals surface area contributed by atoms with Crippen LogP contribution in [0.4, 0.5) is 10.1 Å². The van der Waals surface area contributed by atoms with Gasteiger partial charge >= 0.3 is 0 Å². The molecular weight excluding hydrogens is 267 g/mol. The lowest BCUT2D eigenvalue weighted by atomic mass is 10.1. The van der Waals surface area contributed by atoms with E-state index in [-0.39, 0.29) is 23.4 Å². The zero-order valence-electron chi connectivity index (χ0n) is 11.2. The maximum absolute atomic E-state index is 13.9. The first-order chi connectivity index (χ1) is 8.94. The van der Waals surface area contributed by atoms with Crippen LogP contribution in [0, 0.1) is 5.82 Å². The number of hydrogen-bond donors (Lipinski definition) is 1. The Balaban J connectivity index is 2.29. The first-order valence-corrected chi connectivity index (χ1v) is 8.12. The maximum Gasteiger partial charge on any atom is 0.152 e. The second-order valence-electron chi connectivity index (χ2n) is 4.94. The fourth-order valence-electron chi connectivity index (χ4n) is 2.51. The highest BCUT2D eigenvalue weighted by Crippen LogP contribution is 2.27. The van der Waals surface area contributed by atoms with Gasteiger partial charge in [-0.3, -0.25) is 0 Å². The molecule has 2 rings (SSSR count). The molecule has 1 fully saturated rings. The highest BCUT2D eigenvalue weighted by Gasteiger charge is 2.31. The molecule has 1 aromatic rings. The molecule has 0 saturated carbocycles. The SMILES string of the molecule is CNCc1c(F)cccc1N(C)C1CCS(=O)(=O)C1. The van der Waals surface area contributed by atoms with Gasteiger partial charge < -0.3 is 10.2 Å². The second-order valence-corrected chi connectivity index (χ2v) is 7.16. The van der Waals surface area contributed by atoms with Crippen LogP contribution in [0.1, 0.15) is 12.0 Å². The lowest BCUT2D eigenvalue weighted by Gasteiger charge is -2.28. The molecule has 6 heteroatoms. The second kappa shape index (κ2) is 5.46. The van der Waals surface area contributed by atoms with Gasteiger partial charge in [0.1, 0.15) is 5.82 Å². The highest BCUT2D eigenvalue weighted by molar-refractivity contribution is 7.91. The summed E-state index contributed by atoms with van der Waals surface area (Å²) in [7, 11) is 0.658. The molecule has 1 aliphatic heterocycles. The molecule has 4 nitrogen and oxygen atoms in total. The molecule has 1 atom stereocenters. The Morgan fingerprint density at radius 1 is 1.47 bits per heavy atom. The number of nitrogens with zero attached hydrogens (tertiary/aromatic N) is 1. The fourth-order valence-corrected chi connectivity index (χ4v) is 4.28. The Labute approximate surface area is 113 Å². The Morgan fingerprint density at radius 3 is 2.79 bits per heavy atom. The summed E-state index contributed by atoms with van der Waals surface area (Å²) in [6.07, 6.45) is 0.605. The zero-order valence-corrected chi connectivity index (χ0v) is 12.0. The third kappa shape index (κ3) is 3.06. The normalized spacial score (nSPS) is 21.5. The van der Waals surface area contributed by atoms with E-state index in [4.69, 9.17) is 0 Å². The molecule has 0 bridgehead atoms. The number of halogens is 1. The third-order valence-corrected chi connectivity index (χ3v) is 5.33. The molecule has 0 spiro atoms. The highest BCUT2D eigenvalue weighted by atomic mass is 32.2. The molecule has 1 unspecified atom stereocenters. The van der Waals surface area contributed by atoms with Gasteiger partial charge in [-0.25, -0.2) is 12.8 Å². The minimum atomic E-state index is -2.93. The van der Waals surface area contributed by atoms with E-state index in [0.29, 0.717) is 18.5 Å². The smallest absolute Gasteiger partial charge is 0.152 e. The van der Waals surface area contributed by atoms with Gasteiger partial charge in [-0.2, -0.15) is 0 Å². The molecule has 0 radical (unpaired) electrons. The predicted molar refractivity (Wildman–Crippen MR) is 74.6 cm³/mol. The average molecular weight is 286 g/mol. The van der Waals surface area contributed by atoms with E-state index in [0.717, 1.165) is 5.69 Å². The third-order valence-electron chi connectivity index (χ3n) is 3.58. The van der Waals surface area contributed by atoms with Gasteiger partial charge in [0, 0.05) is 30.9 Å². The summed E-state index contributed by atoms with van der Waals surface area (Å²) >= 11 is 0. The van der Waals surface area contributed by atoms with E-state index in [1.807, 2.05) is 18.0 Å². The summed E-state index contributed by atoms with van der Waals surface area (Å²) in [4.78, 5) is 1.89. The van der Waals surface area contributed by atoms with Gasteiger partial charge in [0.25, 0.3) is 0 Å². The van der Waals surface area contributed by atoms with Crippen LogP contribution in [0.2, 0.25) is 0 Å². The fraction of sp³-hybridized carbons (Fsp3) is 0.538. The van der Waals surface area contributed by atoms with E-state index in [1.165, 1.54) is 6.07 Å². The van der Waals surface area contributed by atoms with Gasteiger partial charge in [-0.05, 0) is 25.6 Å². The molecule has 1 saturated heterocycles. The molecule has 0 aliphatic carbocycles. The van der Waals surface area contributed by atoms with Crippen molar-refractivity contribution in [2.45, 2.75) is 19.0 Å².